The maximum absolute atomic E-state index is 5.86. The van der Waals surface area contributed by atoms with Gasteiger partial charge in [0.1, 0.15) is 0 Å². The van der Waals surface area contributed by atoms with Crippen molar-refractivity contribution in [1.82, 2.24) is 10.2 Å². The summed E-state index contributed by atoms with van der Waals surface area (Å²) in [5.41, 5.74) is 2.25. The van der Waals surface area contributed by atoms with Crippen molar-refractivity contribution in [2.75, 3.05) is 0 Å². The monoisotopic (exact) mass is 328 g/mol. The van der Waals surface area contributed by atoms with Crippen LogP contribution in [0.25, 0.3) is 12.2 Å². The third-order valence-corrected chi connectivity index (χ3v) is 4.06. The van der Waals surface area contributed by atoms with E-state index in [9.17, 15) is 0 Å². The minimum atomic E-state index is 0.502. The van der Waals surface area contributed by atoms with Crippen LogP contribution in [0.15, 0.2) is 64.2 Å². The van der Waals surface area contributed by atoms with E-state index in [2.05, 4.69) is 10.2 Å². The van der Waals surface area contributed by atoms with Gasteiger partial charge in [-0.05, 0) is 29.3 Å². The molecular formula is C17H13ClN2OS. The molecule has 0 radical (unpaired) electrons. The van der Waals surface area contributed by atoms with Crippen LogP contribution in [0.4, 0.5) is 0 Å². The maximum Gasteiger partial charge on any atom is 0.277 e. The summed E-state index contributed by atoms with van der Waals surface area (Å²) in [6.07, 6.45) is 3.76. The molecule has 3 aromatic rings. The van der Waals surface area contributed by atoms with Gasteiger partial charge < -0.3 is 4.42 Å². The van der Waals surface area contributed by atoms with Crippen molar-refractivity contribution in [2.24, 2.45) is 0 Å². The van der Waals surface area contributed by atoms with Crippen LogP contribution in [0.2, 0.25) is 5.02 Å². The van der Waals surface area contributed by atoms with Crippen molar-refractivity contribution in [2.45, 2.75) is 11.0 Å². The van der Waals surface area contributed by atoms with Gasteiger partial charge in [-0.15, -0.1) is 10.2 Å². The SMILES string of the molecule is Clc1ccc(CSc2nnc(C=Cc3ccccc3)o2)cc1. The van der Waals surface area contributed by atoms with Crippen LogP contribution in [-0.2, 0) is 5.75 Å². The highest BCUT2D eigenvalue weighted by molar-refractivity contribution is 7.98. The number of benzene rings is 2. The second-order valence-corrected chi connectivity index (χ2v) is 5.93. The molecule has 3 rings (SSSR count). The summed E-state index contributed by atoms with van der Waals surface area (Å²) in [6, 6.07) is 17.7. The molecule has 0 saturated heterocycles. The molecule has 1 aromatic heterocycles. The van der Waals surface area contributed by atoms with Crippen molar-refractivity contribution >= 4 is 35.5 Å². The van der Waals surface area contributed by atoms with Gasteiger partial charge in [-0.3, -0.25) is 0 Å². The Morgan fingerprint density at radius 2 is 1.73 bits per heavy atom. The summed E-state index contributed by atoms with van der Waals surface area (Å²) >= 11 is 7.37. The Labute approximate surface area is 138 Å². The molecule has 0 saturated carbocycles. The predicted molar refractivity (Wildman–Crippen MR) is 90.7 cm³/mol. The first-order valence-electron chi connectivity index (χ1n) is 6.73. The van der Waals surface area contributed by atoms with Crippen molar-refractivity contribution in [3.05, 3.63) is 76.6 Å². The van der Waals surface area contributed by atoms with Gasteiger partial charge in [0.15, 0.2) is 0 Å². The lowest BCUT2D eigenvalue weighted by Gasteiger charge is -1.97. The van der Waals surface area contributed by atoms with E-state index in [-0.39, 0.29) is 0 Å². The molecule has 2 aromatic carbocycles. The third-order valence-electron chi connectivity index (χ3n) is 2.92. The van der Waals surface area contributed by atoms with Crippen molar-refractivity contribution in [1.29, 1.82) is 0 Å². The van der Waals surface area contributed by atoms with E-state index in [0.717, 1.165) is 21.9 Å². The molecule has 0 aliphatic heterocycles. The van der Waals surface area contributed by atoms with Crippen LogP contribution in [0.3, 0.4) is 0 Å². The largest absolute Gasteiger partial charge is 0.412 e. The Hall–Kier alpha value is -2.04. The first kappa shape index (κ1) is 14.9. The highest BCUT2D eigenvalue weighted by Gasteiger charge is 2.04. The van der Waals surface area contributed by atoms with E-state index in [1.54, 1.807) is 0 Å². The average molecular weight is 329 g/mol. The lowest BCUT2D eigenvalue weighted by atomic mass is 10.2. The fourth-order valence-corrected chi connectivity index (χ4v) is 2.65. The molecule has 5 heteroatoms. The Morgan fingerprint density at radius 1 is 0.955 bits per heavy atom. The molecule has 0 spiro atoms. The fraction of sp³-hybridized carbons (Fsp3) is 0.0588. The van der Waals surface area contributed by atoms with Crippen LogP contribution in [0.1, 0.15) is 17.0 Å². The van der Waals surface area contributed by atoms with Gasteiger partial charge in [0.25, 0.3) is 5.22 Å². The molecule has 0 fully saturated rings. The number of halogens is 1. The van der Waals surface area contributed by atoms with Crippen LogP contribution in [-0.4, -0.2) is 10.2 Å². The van der Waals surface area contributed by atoms with Crippen molar-refractivity contribution in [3.63, 3.8) is 0 Å². The fourth-order valence-electron chi connectivity index (χ4n) is 1.80. The predicted octanol–water partition coefficient (Wildman–Crippen LogP) is 5.19. The zero-order valence-corrected chi connectivity index (χ0v) is 13.2. The van der Waals surface area contributed by atoms with Crippen LogP contribution in [0, 0.1) is 0 Å². The summed E-state index contributed by atoms with van der Waals surface area (Å²) in [4.78, 5) is 0. The second kappa shape index (κ2) is 7.29. The van der Waals surface area contributed by atoms with E-state index in [1.165, 1.54) is 11.8 Å². The number of thioether (sulfide) groups is 1. The number of nitrogens with zero attached hydrogens (tertiary/aromatic N) is 2. The molecule has 1 heterocycles. The molecule has 3 nitrogen and oxygen atoms in total. The standard InChI is InChI=1S/C17H13ClN2OS/c18-15-9-6-14(7-10-15)12-22-17-20-19-16(21-17)11-8-13-4-2-1-3-5-13/h1-11H,12H2. The van der Waals surface area contributed by atoms with E-state index in [1.807, 2.05) is 66.7 Å². The minimum Gasteiger partial charge on any atom is -0.412 e. The quantitative estimate of drug-likeness (QED) is 0.604. The maximum atomic E-state index is 5.86. The van der Waals surface area contributed by atoms with Crippen LogP contribution < -0.4 is 0 Å². The first-order valence-corrected chi connectivity index (χ1v) is 8.10. The zero-order valence-electron chi connectivity index (χ0n) is 11.6. The molecule has 0 aliphatic carbocycles. The zero-order chi connectivity index (χ0) is 15.2. The summed E-state index contributed by atoms with van der Waals surface area (Å²) in [5.74, 6) is 1.27. The number of hydrogen-bond donors (Lipinski definition) is 0. The van der Waals surface area contributed by atoms with Gasteiger partial charge in [0.2, 0.25) is 5.89 Å². The Kier molecular flexibility index (Phi) is 4.93. The third kappa shape index (κ3) is 4.23. The summed E-state index contributed by atoms with van der Waals surface area (Å²) in [5, 5.41) is 9.34. The Morgan fingerprint density at radius 3 is 2.50 bits per heavy atom. The highest BCUT2D eigenvalue weighted by atomic mass is 35.5. The minimum absolute atomic E-state index is 0.502. The molecule has 0 aliphatic rings. The molecule has 22 heavy (non-hydrogen) atoms. The van der Waals surface area contributed by atoms with Crippen molar-refractivity contribution in [3.8, 4) is 0 Å². The second-order valence-electron chi connectivity index (χ2n) is 4.57. The van der Waals surface area contributed by atoms with Gasteiger partial charge >= 0.3 is 0 Å². The van der Waals surface area contributed by atoms with Gasteiger partial charge in [-0.2, -0.15) is 0 Å². The van der Waals surface area contributed by atoms with E-state index >= 15 is 0 Å². The van der Waals surface area contributed by atoms with Gasteiger partial charge in [-0.1, -0.05) is 65.8 Å². The van der Waals surface area contributed by atoms with E-state index in [4.69, 9.17) is 16.0 Å². The molecule has 0 atom stereocenters. The molecule has 110 valence electrons. The summed E-state index contributed by atoms with van der Waals surface area (Å²) in [7, 11) is 0. The van der Waals surface area contributed by atoms with E-state index < -0.39 is 0 Å². The van der Waals surface area contributed by atoms with Crippen LogP contribution >= 0.6 is 23.4 Å². The molecule has 0 bridgehead atoms. The van der Waals surface area contributed by atoms with Crippen molar-refractivity contribution < 1.29 is 4.42 Å². The van der Waals surface area contributed by atoms with Gasteiger partial charge in [0, 0.05) is 16.9 Å². The smallest absolute Gasteiger partial charge is 0.277 e. The van der Waals surface area contributed by atoms with Gasteiger partial charge in [-0.25, -0.2) is 0 Å². The summed E-state index contributed by atoms with van der Waals surface area (Å²) < 4.78 is 5.58. The molecule has 0 unspecified atom stereocenters. The lowest BCUT2D eigenvalue weighted by molar-refractivity contribution is 0.446. The normalized spacial score (nSPS) is 11.1. The number of rotatable bonds is 5. The number of aromatic nitrogens is 2. The Bertz CT molecular complexity index is 754. The molecule has 0 N–H and O–H groups in total. The molecular weight excluding hydrogens is 316 g/mol. The average Bonchev–Trinajstić information content (AvgIpc) is 3.01. The lowest BCUT2D eigenvalue weighted by Crippen LogP contribution is -1.79. The highest BCUT2D eigenvalue weighted by Crippen LogP contribution is 2.22. The topological polar surface area (TPSA) is 38.9 Å². The Balaban J connectivity index is 1.59. The first-order chi connectivity index (χ1) is 10.8. The van der Waals surface area contributed by atoms with Crippen LogP contribution in [0.5, 0.6) is 0 Å². The van der Waals surface area contributed by atoms with Gasteiger partial charge in [0.05, 0.1) is 0 Å². The summed E-state index contributed by atoms with van der Waals surface area (Å²) in [6.45, 7) is 0. The van der Waals surface area contributed by atoms with E-state index in [0.29, 0.717) is 11.1 Å². The molecule has 0 amide bonds. The number of hydrogen-bond acceptors (Lipinski definition) is 4.